The van der Waals surface area contributed by atoms with Gasteiger partial charge in [-0.1, -0.05) is 18.2 Å². The van der Waals surface area contributed by atoms with E-state index in [1.807, 2.05) is 6.92 Å². The van der Waals surface area contributed by atoms with Crippen molar-refractivity contribution in [2.24, 2.45) is 0 Å². The Morgan fingerprint density at radius 1 is 1.20 bits per heavy atom. The second kappa shape index (κ2) is 3.75. The van der Waals surface area contributed by atoms with Gasteiger partial charge >= 0.3 is 0 Å². The summed E-state index contributed by atoms with van der Waals surface area (Å²) in [6, 6.07) is 8.34. The molecule has 0 saturated heterocycles. The van der Waals surface area contributed by atoms with Gasteiger partial charge in [0.25, 0.3) is 0 Å². The van der Waals surface area contributed by atoms with Gasteiger partial charge in [0.2, 0.25) is 14.2 Å². The van der Waals surface area contributed by atoms with Crippen molar-refractivity contribution in [1.82, 2.24) is 4.98 Å². The van der Waals surface area contributed by atoms with Crippen molar-refractivity contribution in [2.75, 3.05) is 0 Å². The summed E-state index contributed by atoms with van der Waals surface area (Å²) in [6.45, 7) is 1.84. The molecule has 1 heterocycles. The molecule has 0 radical (unpaired) electrons. The summed E-state index contributed by atoms with van der Waals surface area (Å²) >= 11 is 1.19. The first-order chi connectivity index (χ1) is 7.10. The van der Waals surface area contributed by atoms with Crippen LogP contribution in [0.4, 0.5) is 0 Å². The molecule has 0 amide bonds. The van der Waals surface area contributed by atoms with Crippen molar-refractivity contribution in [3.05, 3.63) is 41.4 Å². The van der Waals surface area contributed by atoms with E-state index in [1.54, 1.807) is 36.5 Å². The van der Waals surface area contributed by atoms with Crippen LogP contribution < -0.4 is 0 Å². The summed E-state index contributed by atoms with van der Waals surface area (Å²) in [5, 5.41) is 0. The fourth-order valence-electron chi connectivity index (χ4n) is 1.16. The molecule has 0 N–H and O–H groups in total. The Labute approximate surface area is 92.3 Å². The van der Waals surface area contributed by atoms with Gasteiger partial charge in [0.1, 0.15) is 0 Å². The van der Waals surface area contributed by atoms with Gasteiger partial charge in [0, 0.05) is 11.1 Å². The lowest BCUT2D eigenvalue weighted by atomic mass is 10.4. The van der Waals surface area contributed by atoms with E-state index in [0.29, 0.717) is 4.90 Å². The Balaban J connectivity index is 2.54. The third kappa shape index (κ3) is 1.93. The molecule has 0 spiro atoms. The lowest BCUT2D eigenvalue weighted by molar-refractivity contribution is 0.595. The Morgan fingerprint density at radius 2 is 1.87 bits per heavy atom. The highest BCUT2D eigenvalue weighted by Crippen LogP contribution is 2.24. The highest BCUT2D eigenvalue weighted by atomic mass is 32.2. The minimum absolute atomic E-state index is 0.159. The quantitative estimate of drug-likeness (QED) is 0.807. The van der Waals surface area contributed by atoms with Crippen molar-refractivity contribution in [1.29, 1.82) is 0 Å². The van der Waals surface area contributed by atoms with Crippen LogP contribution in [0.15, 0.2) is 45.8 Å². The van der Waals surface area contributed by atoms with Crippen LogP contribution in [-0.2, 0) is 9.84 Å². The zero-order chi connectivity index (χ0) is 10.9. The smallest absolute Gasteiger partial charge is 0.233 e. The van der Waals surface area contributed by atoms with E-state index >= 15 is 0 Å². The van der Waals surface area contributed by atoms with Crippen molar-refractivity contribution < 1.29 is 8.42 Å². The summed E-state index contributed by atoms with van der Waals surface area (Å²) < 4.78 is 24.1. The van der Waals surface area contributed by atoms with E-state index in [9.17, 15) is 8.42 Å². The lowest BCUT2D eigenvalue weighted by Crippen LogP contribution is -2.00. The monoisotopic (exact) mass is 239 g/mol. The molecule has 1 aromatic heterocycles. The van der Waals surface area contributed by atoms with Gasteiger partial charge in [-0.05, 0) is 19.1 Å². The van der Waals surface area contributed by atoms with Gasteiger partial charge in [0.15, 0.2) is 0 Å². The summed E-state index contributed by atoms with van der Waals surface area (Å²) in [6.07, 6.45) is 1.57. The molecule has 1 aromatic carbocycles. The van der Waals surface area contributed by atoms with Crippen LogP contribution in [0.2, 0.25) is 0 Å². The summed E-state index contributed by atoms with van der Waals surface area (Å²) in [5.74, 6) is 0. The molecule has 0 fully saturated rings. The normalized spacial score (nSPS) is 11.5. The highest BCUT2D eigenvalue weighted by molar-refractivity contribution is 7.93. The first kappa shape index (κ1) is 10.3. The van der Waals surface area contributed by atoms with Crippen molar-refractivity contribution in [2.45, 2.75) is 16.2 Å². The number of aryl methyl sites for hydroxylation is 1. The van der Waals surface area contributed by atoms with Crippen LogP contribution in [0.3, 0.4) is 0 Å². The molecular formula is C10H9NO2S2. The summed E-state index contributed by atoms with van der Waals surface area (Å²) in [5.41, 5.74) is 0. The number of hydrogen-bond donors (Lipinski definition) is 0. The van der Waals surface area contributed by atoms with E-state index in [2.05, 4.69) is 4.98 Å². The SMILES string of the molecule is Cc1cnc(S(=O)(=O)c2ccccc2)s1. The van der Waals surface area contributed by atoms with E-state index in [-0.39, 0.29) is 4.34 Å². The average molecular weight is 239 g/mol. The largest absolute Gasteiger partial charge is 0.233 e. The summed E-state index contributed by atoms with van der Waals surface area (Å²) in [4.78, 5) is 5.08. The molecule has 15 heavy (non-hydrogen) atoms. The second-order valence-corrected chi connectivity index (χ2v) is 6.41. The molecule has 2 aromatic rings. The maximum atomic E-state index is 12.0. The van der Waals surface area contributed by atoms with Crippen LogP contribution in [0.1, 0.15) is 4.88 Å². The Hall–Kier alpha value is -1.20. The van der Waals surface area contributed by atoms with Crippen LogP contribution in [0.5, 0.6) is 0 Å². The molecule has 78 valence electrons. The van der Waals surface area contributed by atoms with Gasteiger partial charge in [-0.2, -0.15) is 0 Å². The highest BCUT2D eigenvalue weighted by Gasteiger charge is 2.20. The predicted molar refractivity (Wildman–Crippen MR) is 58.7 cm³/mol. The zero-order valence-electron chi connectivity index (χ0n) is 8.04. The van der Waals surface area contributed by atoms with E-state index in [0.717, 1.165) is 4.88 Å². The molecular weight excluding hydrogens is 230 g/mol. The number of nitrogens with zero attached hydrogens (tertiary/aromatic N) is 1. The molecule has 0 saturated carbocycles. The maximum absolute atomic E-state index is 12.0. The molecule has 2 rings (SSSR count). The molecule has 5 heteroatoms. The van der Waals surface area contributed by atoms with Crippen molar-refractivity contribution >= 4 is 21.2 Å². The van der Waals surface area contributed by atoms with E-state index in [4.69, 9.17) is 0 Å². The zero-order valence-corrected chi connectivity index (χ0v) is 9.68. The first-order valence-electron chi connectivity index (χ1n) is 4.33. The second-order valence-electron chi connectivity index (χ2n) is 3.05. The molecule has 0 aliphatic heterocycles. The Bertz CT molecular complexity index is 558. The molecule has 0 unspecified atom stereocenters. The van der Waals surface area contributed by atoms with E-state index < -0.39 is 9.84 Å². The van der Waals surface area contributed by atoms with Crippen LogP contribution in [-0.4, -0.2) is 13.4 Å². The number of hydrogen-bond acceptors (Lipinski definition) is 4. The summed E-state index contributed by atoms with van der Waals surface area (Å²) in [7, 11) is -3.41. The van der Waals surface area contributed by atoms with Gasteiger partial charge in [0.05, 0.1) is 4.90 Å². The topological polar surface area (TPSA) is 47.0 Å². The number of rotatable bonds is 2. The van der Waals surface area contributed by atoms with E-state index in [1.165, 1.54) is 11.3 Å². The first-order valence-corrected chi connectivity index (χ1v) is 6.63. The predicted octanol–water partition coefficient (Wildman–Crippen LogP) is 2.28. The lowest BCUT2D eigenvalue weighted by Gasteiger charge is -1.98. The third-order valence-corrected chi connectivity index (χ3v) is 4.96. The standard InChI is InChI=1S/C10H9NO2S2/c1-8-7-11-10(14-8)15(12,13)9-5-3-2-4-6-9/h2-7H,1H3. The van der Waals surface area contributed by atoms with Gasteiger partial charge in [-0.3, -0.25) is 0 Å². The molecule has 0 aliphatic rings. The number of aromatic nitrogens is 1. The molecule has 0 aliphatic carbocycles. The Kier molecular flexibility index (Phi) is 2.58. The van der Waals surface area contributed by atoms with Gasteiger partial charge in [-0.15, -0.1) is 11.3 Å². The minimum atomic E-state index is -3.41. The Morgan fingerprint density at radius 3 is 2.40 bits per heavy atom. The van der Waals surface area contributed by atoms with Crippen LogP contribution in [0, 0.1) is 6.92 Å². The fraction of sp³-hybridized carbons (Fsp3) is 0.100. The molecule has 0 bridgehead atoms. The van der Waals surface area contributed by atoms with Crippen molar-refractivity contribution in [3.63, 3.8) is 0 Å². The van der Waals surface area contributed by atoms with Crippen molar-refractivity contribution in [3.8, 4) is 0 Å². The third-order valence-electron chi connectivity index (χ3n) is 1.88. The maximum Gasteiger partial charge on any atom is 0.233 e. The van der Waals surface area contributed by atoms with Crippen LogP contribution >= 0.6 is 11.3 Å². The fourth-order valence-corrected chi connectivity index (χ4v) is 3.68. The van der Waals surface area contributed by atoms with Gasteiger partial charge in [-0.25, -0.2) is 13.4 Å². The number of benzene rings is 1. The number of thiazole rings is 1. The van der Waals surface area contributed by atoms with Crippen LogP contribution in [0.25, 0.3) is 0 Å². The average Bonchev–Trinajstić information content (AvgIpc) is 2.67. The number of sulfone groups is 1. The minimum Gasteiger partial charge on any atom is -0.233 e. The van der Waals surface area contributed by atoms with Gasteiger partial charge < -0.3 is 0 Å². The molecule has 3 nitrogen and oxygen atoms in total. The molecule has 0 atom stereocenters.